The Morgan fingerprint density at radius 1 is 0.393 bits per heavy atom. The van der Waals surface area contributed by atoms with Gasteiger partial charge in [0.25, 0.3) is 0 Å². The van der Waals surface area contributed by atoms with Crippen LogP contribution < -0.4 is 0 Å². The Kier molecular flexibility index (Phi) is 17.3. The van der Waals surface area contributed by atoms with Crippen molar-refractivity contribution >= 4 is 54.6 Å². The molecule has 6 heteroatoms. The van der Waals surface area contributed by atoms with Crippen LogP contribution in [0.3, 0.4) is 0 Å². The van der Waals surface area contributed by atoms with Crippen molar-refractivity contribution in [2.24, 2.45) is 33.5 Å². The molecule has 0 atom stereocenters. The summed E-state index contributed by atoms with van der Waals surface area (Å²) in [5, 5.41) is 7.24. The Hall–Kier alpha value is -4.96. The molecule has 0 aliphatic heterocycles. The summed E-state index contributed by atoms with van der Waals surface area (Å²) in [6, 6.07) is 52.1. The fourth-order valence-electron chi connectivity index (χ4n) is 16.5. The van der Waals surface area contributed by atoms with E-state index in [9.17, 15) is 0 Å². The smallest absolute Gasteiger partial charge is 0.0639 e. The standard InChI is InChI=1S/C41H49N2.C37H41N2.2Ir/c1-40(2,3)29-22-18-27(19-23-29)31-15-11-16-32(28-20-24-30(25-21-28)41(4,5)6)38(31)37-26-42-39-35-14-8-7-12-33(35)34-13-9-10-17-36(34)43(37)39;1-36(2)20-16-25(17-21-36)27-13-9-14-28(26-18-22-37(3,4)23-19-26)34(27)33-24-38-35-31-12-6-5-10-29(31)30-11-7-8-15-32(30)39(33)35;;/h7-13,15-17,26-30H,18-25H2,1-6H3;5-11,13-15,24-26H,16-23H2,1-4H3;;/q2*-1;;. The van der Waals surface area contributed by atoms with Crippen molar-refractivity contribution in [1.29, 1.82) is 0 Å². The Morgan fingerprint density at radius 2 is 0.714 bits per heavy atom. The number of benzene rings is 6. The van der Waals surface area contributed by atoms with E-state index in [1.165, 1.54) is 158 Å². The van der Waals surface area contributed by atoms with Gasteiger partial charge in [-0.15, -0.1) is 59.3 Å². The van der Waals surface area contributed by atoms with Gasteiger partial charge >= 0.3 is 0 Å². The number of hydrogen-bond donors (Lipinski definition) is 0. The van der Waals surface area contributed by atoms with E-state index in [0.717, 1.165) is 33.9 Å². The van der Waals surface area contributed by atoms with Crippen molar-refractivity contribution in [3.63, 3.8) is 0 Å². The zero-order chi connectivity index (χ0) is 56.7. The van der Waals surface area contributed by atoms with E-state index in [0.29, 0.717) is 45.3 Å². The molecule has 0 N–H and O–H groups in total. The van der Waals surface area contributed by atoms with Gasteiger partial charge in [0.15, 0.2) is 0 Å². The second-order valence-electron chi connectivity index (χ2n) is 29.9. The Morgan fingerprint density at radius 3 is 1.06 bits per heavy atom. The molecule has 0 amide bonds. The third kappa shape index (κ3) is 11.5. The van der Waals surface area contributed by atoms with Crippen molar-refractivity contribution in [2.45, 2.75) is 196 Å². The van der Waals surface area contributed by atoms with Crippen molar-refractivity contribution in [3.05, 3.63) is 168 Å². The minimum atomic E-state index is 0. The summed E-state index contributed by atoms with van der Waals surface area (Å²) in [5.74, 6) is 4.04. The monoisotopic (exact) mass is 1470 g/mol. The number of imidazole rings is 2. The molecule has 442 valence electrons. The maximum absolute atomic E-state index is 5.17. The van der Waals surface area contributed by atoms with Crippen LogP contribution in [0.2, 0.25) is 0 Å². The first-order valence-corrected chi connectivity index (χ1v) is 32.1. The number of fused-ring (bicyclic) bond motifs is 12. The van der Waals surface area contributed by atoms with Crippen LogP contribution in [0.5, 0.6) is 0 Å². The number of para-hydroxylation sites is 2. The van der Waals surface area contributed by atoms with E-state index in [1.807, 2.05) is 12.1 Å². The van der Waals surface area contributed by atoms with Crippen molar-refractivity contribution < 1.29 is 40.2 Å². The molecule has 4 fully saturated rings. The molecule has 0 bridgehead atoms. The van der Waals surface area contributed by atoms with Crippen molar-refractivity contribution in [2.75, 3.05) is 0 Å². The fourth-order valence-corrected chi connectivity index (χ4v) is 16.5. The summed E-state index contributed by atoms with van der Waals surface area (Å²) >= 11 is 0. The molecule has 10 aromatic rings. The number of pyridine rings is 2. The quantitative estimate of drug-likeness (QED) is 0.123. The maximum atomic E-state index is 5.17. The molecule has 0 unspecified atom stereocenters. The molecule has 0 spiro atoms. The molecule has 2 radical (unpaired) electrons. The molecule has 6 aromatic carbocycles. The van der Waals surface area contributed by atoms with Crippen LogP contribution >= 0.6 is 0 Å². The average Bonchev–Trinajstić information content (AvgIpc) is 2.46. The molecule has 84 heavy (non-hydrogen) atoms. The summed E-state index contributed by atoms with van der Waals surface area (Å²) in [7, 11) is 0. The molecule has 4 aliphatic rings. The topological polar surface area (TPSA) is 34.6 Å². The van der Waals surface area contributed by atoms with Gasteiger partial charge in [-0.25, -0.2) is 0 Å². The van der Waals surface area contributed by atoms with Gasteiger partial charge in [0.1, 0.15) is 0 Å². The van der Waals surface area contributed by atoms with E-state index in [2.05, 4.69) is 212 Å². The average molecular weight is 1470 g/mol. The summed E-state index contributed by atoms with van der Waals surface area (Å²) in [5.41, 5.74) is 17.9. The Labute approximate surface area is 529 Å². The Balaban J connectivity index is 0.000000172. The van der Waals surface area contributed by atoms with Crippen LogP contribution in [0.15, 0.2) is 134 Å². The van der Waals surface area contributed by atoms with E-state index < -0.39 is 0 Å². The SMILES string of the molecule is CC(C)(C)C1CCC(c2cccc(C3CCC(C(C)(C)C)CC3)c2-c2cnc3c4[c-]cccc4c4ccccc4n23)CC1.CC1(C)CCC(c2cccc(C3CCC(C)(C)CC3)c2-c2cnc3c4[c-]cccc4c4ccccc4n23)CC1.[Ir].[Ir]. The van der Waals surface area contributed by atoms with Crippen molar-refractivity contribution in [3.8, 4) is 22.5 Å². The van der Waals surface area contributed by atoms with Crippen LogP contribution in [-0.4, -0.2) is 18.8 Å². The Bertz CT molecular complexity index is 3860. The number of hydrogen-bond acceptors (Lipinski definition) is 2. The molecule has 4 nitrogen and oxygen atoms in total. The molecule has 4 heterocycles. The summed E-state index contributed by atoms with van der Waals surface area (Å²) in [4.78, 5) is 10.3. The van der Waals surface area contributed by atoms with E-state index in [-0.39, 0.29) is 40.2 Å². The third-order valence-corrected chi connectivity index (χ3v) is 21.7. The second-order valence-corrected chi connectivity index (χ2v) is 29.9. The van der Waals surface area contributed by atoms with E-state index in [4.69, 9.17) is 9.97 Å². The van der Waals surface area contributed by atoms with Crippen LogP contribution in [0, 0.1) is 45.6 Å². The van der Waals surface area contributed by atoms with Gasteiger partial charge in [0.05, 0.1) is 22.7 Å². The minimum absolute atomic E-state index is 0. The molecule has 4 aromatic heterocycles. The van der Waals surface area contributed by atoms with Gasteiger partial charge in [-0.3, -0.25) is 9.97 Å². The van der Waals surface area contributed by atoms with Gasteiger partial charge in [-0.1, -0.05) is 153 Å². The first-order chi connectivity index (χ1) is 39.4. The van der Waals surface area contributed by atoms with Crippen LogP contribution in [0.25, 0.3) is 77.2 Å². The molecule has 14 rings (SSSR count). The number of rotatable bonds is 6. The van der Waals surface area contributed by atoms with Gasteiger partial charge < -0.3 is 8.80 Å². The van der Waals surface area contributed by atoms with Gasteiger partial charge in [0, 0.05) is 74.8 Å². The molecule has 4 aliphatic carbocycles. The zero-order valence-corrected chi connectivity index (χ0v) is 56.7. The summed E-state index contributed by atoms with van der Waals surface area (Å²) in [6.07, 6.45) is 25.1. The first kappa shape index (κ1) is 60.7. The number of nitrogens with zero attached hydrogens (tertiary/aromatic N) is 4. The van der Waals surface area contributed by atoms with Gasteiger partial charge in [0.2, 0.25) is 0 Å². The van der Waals surface area contributed by atoms with Crippen molar-refractivity contribution in [1.82, 2.24) is 18.8 Å². The molecule has 0 saturated heterocycles. The normalized spacial score (nSPS) is 21.5. The first-order valence-electron chi connectivity index (χ1n) is 32.1. The van der Waals surface area contributed by atoms with Gasteiger partial charge in [-0.2, -0.15) is 0 Å². The molecule has 4 saturated carbocycles. The van der Waals surface area contributed by atoms with Crippen LogP contribution in [0.4, 0.5) is 0 Å². The predicted octanol–water partition coefficient (Wildman–Crippen LogP) is 22.2. The molecular weight excluding hydrogens is 1380 g/mol. The zero-order valence-electron chi connectivity index (χ0n) is 51.9. The second kappa shape index (κ2) is 24.0. The summed E-state index contributed by atoms with van der Waals surface area (Å²) in [6.45, 7) is 24.4. The van der Waals surface area contributed by atoms with E-state index >= 15 is 0 Å². The predicted molar refractivity (Wildman–Crippen MR) is 347 cm³/mol. The van der Waals surface area contributed by atoms with Crippen LogP contribution in [-0.2, 0) is 40.2 Å². The van der Waals surface area contributed by atoms with Gasteiger partial charge in [-0.05, 0) is 205 Å². The third-order valence-electron chi connectivity index (χ3n) is 21.7. The summed E-state index contributed by atoms with van der Waals surface area (Å²) < 4.78 is 4.92. The minimum Gasteiger partial charge on any atom is -0.333 e. The maximum Gasteiger partial charge on any atom is 0.0639 e. The number of aromatic nitrogens is 4. The van der Waals surface area contributed by atoms with Crippen LogP contribution in [0.1, 0.15) is 218 Å². The van der Waals surface area contributed by atoms with E-state index in [1.54, 1.807) is 22.3 Å². The molecular formula is C78H90Ir2N4-2. The largest absolute Gasteiger partial charge is 0.333 e. The fraction of sp³-hybridized carbons (Fsp3) is 0.462.